The zero-order chi connectivity index (χ0) is 16.1. The highest BCUT2D eigenvalue weighted by molar-refractivity contribution is 5.95. The lowest BCUT2D eigenvalue weighted by molar-refractivity contribution is -0.114. The predicted molar refractivity (Wildman–Crippen MR) is 90.0 cm³/mol. The van der Waals surface area contributed by atoms with Crippen LogP contribution in [0, 0.1) is 11.3 Å². The van der Waals surface area contributed by atoms with Gasteiger partial charge >= 0.3 is 0 Å². The molecule has 0 unspecified atom stereocenters. The maximum Gasteiger partial charge on any atom is 0.243 e. The minimum atomic E-state index is -0.161. The quantitative estimate of drug-likeness (QED) is 0.776. The molecule has 112 valence electrons. The van der Waals surface area contributed by atoms with Gasteiger partial charge in [-0.3, -0.25) is 9.78 Å². The van der Waals surface area contributed by atoms with E-state index >= 15 is 0 Å². The fraction of sp³-hybridized carbons (Fsp3) is 0.0556. The van der Waals surface area contributed by atoms with Gasteiger partial charge in [-0.1, -0.05) is 18.2 Å². The molecule has 0 atom stereocenters. The summed E-state index contributed by atoms with van der Waals surface area (Å²) in [7, 11) is 0. The van der Waals surface area contributed by atoms with Crippen LogP contribution in [0.5, 0.6) is 0 Å². The number of amides is 1. The van der Waals surface area contributed by atoms with E-state index in [2.05, 4.69) is 21.7 Å². The van der Waals surface area contributed by atoms with E-state index in [1.165, 1.54) is 0 Å². The van der Waals surface area contributed by atoms with Crippen LogP contribution in [0.25, 0.3) is 10.9 Å². The average molecular weight is 302 g/mol. The van der Waals surface area contributed by atoms with Crippen molar-refractivity contribution < 1.29 is 4.79 Å². The number of hydrogen-bond acceptors (Lipinski definition) is 4. The summed E-state index contributed by atoms with van der Waals surface area (Å²) in [5.74, 6) is -0.161. The first-order chi connectivity index (χ1) is 11.2. The summed E-state index contributed by atoms with van der Waals surface area (Å²) in [6.45, 7) is 0.138. The van der Waals surface area contributed by atoms with Gasteiger partial charge in [0, 0.05) is 11.1 Å². The van der Waals surface area contributed by atoms with E-state index in [4.69, 9.17) is 5.26 Å². The van der Waals surface area contributed by atoms with Crippen LogP contribution in [-0.4, -0.2) is 17.4 Å². The number of nitriles is 1. The fourth-order valence-electron chi connectivity index (χ4n) is 2.19. The Kier molecular flexibility index (Phi) is 4.16. The number of aromatic nitrogens is 1. The van der Waals surface area contributed by atoms with Gasteiger partial charge in [0.25, 0.3) is 0 Å². The lowest BCUT2D eigenvalue weighted by atomic mass is 10.2. The summed E-state index contributed by atoms with van der Waals surface area (Å²) >= 11 is 0. The van der Waals surface area contributed by atoms with Crippen LogP contribution in [0.4, 0.5) is 11.4 Å². The molecule has 0 bridgehead atoms. The number of hydrogen-bond donors (Lipinski definition) is 2. The van der Waals surface area contributed by atoms with E-state index in [0.717, 1.165) is 16.6 Å². The highest BCUT2D eigenvalue weighted by Gasteiger charge is 2.04. The second-order valence-electron chi connectivity index (χ2n) is 5.01. The Balaban J connectivity index is 1.60. The third-order valence-electron chi connectivity index (χ3n) is 3.34. The first-order valence-electron chi connectivity index (χ1n) is 7.13. The Morgan fingerprint density at radius 3 is 2.65 bits per heavy atom. The smallest absolute Gasteiger partial charge is 0.243 e. The summed E-state index contributed by atoms with van der Waals surface area (Å²) < 4.78 is 0. The Hall–Kier alpha value is -3.39. The highest BCUT2D eigenvalue weighted by Crippen LogP contribution is 2.16. The van der Waals surface area contributed by atoms with E-state index in [1.807, 2.05) is 30.3 Å². The molecule has 1 aromatic heterocycles. The molecule has 2 aromatic carbocycles. The molecule has 0 spiro atoms. The normalized spacial score (nSPS) is 10.0. The van der Waals surface area contributed by atoms with Gasteiger partial charge in [0.05, 0.1) is 35.6 Å². The van der Waals surface area contributed by atoms with Gasteiger partial charge in [-0.05, 0) is 36.4 Å². The molecule has 0 saturated carbocycles. The Labute approximate surface area is 133 Å². The van der Waals surface area contributed by atoms with Gasteiger partial charge in [0.15, 0.2) is 0 Å². The number of nitrogens with one attached hydrogen (secondary N) is 2. The maximum absolute atomic E-state index is 12.0. The molecule has 0 fully saturated rings. The first-order valence-corrected chi connectivity index (χ1v) is 7.13. The summed E-state index contributed by atoms with van der Waals surface area (Å²) in [5, 5.41) is 15.5. The number of benzene rings is 2. The SMILES string of the molecule is N#Cc1ccc(NCC(=O)Nc2cnc3ccccc3c2)cc1. The van der Waals surface area contributed by atoms with E-state index in [0.29, 0.717) is 11.3 Å². The van der Waals surface area contributed by atoms with Crippen molar-refractivity contribution in [3.05, 3.63) is 66.4 Å². The van der Waals surface area contributed by atoms with Crippen LogP contribution in [0.15, 0.2) is 60.8 Å². The van der Waals surface area contributed by atoms with Crippen LogP contribution in [0.1, 0.15) is 5.56 Å². The van der Waals surface area contributed by atoms with E-state index in [9.17, 15) is 4.79 Å². The maximum atomic E-state index is 12.0. The van der Waals surface area contributed by atoms with Crippen molar-refractivity contribution in [2.45, 2.75) is 0 Å². The van der Waals surface area contributed by atoms with Gasteiger partial charge in [-0.15, -0.1) is 0 Å². The molecule has 3 aromatic rings. The molecule has 0 radical (unpaired) electrons. The van der Waals surface area contributed by atoms with Crippen molar-refractivity contribution in [1.82, 2.24) is 4.98 Å². The topological polar surface area (TPSA) is 77.8 Å². The lowest BCUT2D eigenvalue weighted by Crippen LogP contribution is -2.21. The first kappa shape index (κ1) is 14.5. The third-order valence-corrected chi connectivity index (χ3v) is 3.34. The van der Waals surface area contributed by atoms with Crippen LogP contribution in [0.2, 0.25) is 0 Å². The molecule has 1 heterocycles. The molecular weight excluding hydrogens is 288 g/mol. The van der Waals surface area contributed by atoms with Crippen molar-refractivity contribution in [3.63, 3.8) is 0 Å². The molecule has 0 aliphatic rings. The minimum absolute atomic E-state index is 0.138. The van der Waals surface area contributed by atoms with Crippen LogP contribution in [0.3, 0.4) is 0 Å². The van der Waals surface area contributed by atoms with Crippen molar-refractivity contribution in [1.29, 1.82) is 5.26 Å². The van der Waals surface area contributed by atoms with Crippen LogP contribution < -0.4 is 10.6 Å². The number of nitrogens with zero attached hydrogens (tertiary/aromatic N) is 2. The summed E-state index contributed by atoms with van der Waals surface area (Å²) in [6, 6.07) is 18.6. The lowest BCUT2D eigenvalue weighted by Gasteiger charge is -2.08. The summed E-state index contributed by atoms with van der Waals surface area (Å²) in [4.78, 5) is 16.3. The molecular formula is C18H14N4O. The Morgan fingerprint density at radius 1 is 1.09 bits per heavy atom. The molecule has 0 aliphatic carbocycles. The van der Waals surface area contributed by atoms with Gasteiger partial charge in [0.2, 0.25) is 5.91 Å². The molecule has 0 saturated heterocycles. The standard InChI is InChI=1S/C18H14N4O/c19-10-13-5-7-15(8-6-13)20-12-18(23)22-16-9-14-3-1-2-4-17(14)21-11-16/h1-9,11,20H,12H2,(H,22,23). The van der Waals surface area contributed by atoms with Crippen molar-refractivity contribution >= 4 is 28.2 Å². The number of carbonyl (C=O) groups is 1. The largest absolute Gasteiger partial charge is 0.376 e. The van der Waals surface area contributed by atoms with Crippen LogP contribution >= 0.6 is 0 Å². The van der Waals surface area contributed by atoms with Gasteiger partial charge in [0.1, 0.15) is 0 Å². The molecule has 3 rings (SSSR count). The molecule has 5 heteroatoms. The number of anilines is 2. The summed E-state index contributed by atoms with van der Waals surface area (Å²) in [5.41, 5.74) is 2.93. The van der Waals surface area contributed by atoms with E-state index < -0.39 is 0 Å². The molecule has 1 amide bonds. The monoisotopic (exact) mass is 302 g/mol. The van der Waals surface area contributed by atoms with Gasteiger partial charge in [-0.25, -0.2) is 0 Å². The molecule has 2 N–H and O–H groups in total. The van der Waals surface area contributed by atoms with E-state index in [-0.39, 0.29) is 12.5 Å². The molecule has 0 aliphatic heterocycles. The number of carbonyl (C=O) groups excluding carboxylic acids is 1. The Morgan fingerprint density at radius 2 is 1.87 bits per heavy atom. The number of para-hydroxylation sites is 1. The number of rotatable bonds is 4. The third kappa shape index (κ3) is 3.63. The van der Waals surface area contributed by atoms with E-state index in [1.54, 1.807) is 30.5 Å². The van der Waals surface area contributed by atoms with Crippen molar-refractivity contribution in [3.8, 4) is 6.07 Å². The average Bonchev–Trinajstić information content (AvgIpc) is 2.60. The molecule has 23 heavy (non-hydrogen) atoms. The van der Waals surface area contributed by atoms with Crippen molar-refractivity contribution in [2.24, 2.45) is 0 Å². The van der Waals surface area contributed by atoms with Gasteiger partial charge in [-0.2, -0.15) is 5.26 Å². The second-order valence-corrected chi connectivity index (χ2v) is 5.01. The number of pyridine rings is 1. The highest BCUT2D eigenvalue weighted by atomic mass is 16.1. The summed E-state index contributed by atoms with van der Waals surface area (Å²) in [6.07, 6.45) is 1.64. The predicted octanol–water partition coefficient (Wildman–Crippen LogP) is 3.16. The second kappa shape index (κ2) is 6.58. The van der Waals surface area contributed by atoms with Gasteiger partial charge < -0.3 is 10.6 Å². The van der Waals surface area contributed by atoms with Crippen molar-refractivity contribution in [2.75, 3.05) is 17.2 Å². The number of fused-ring (bicyclic) bond motifs is 1. The Bertz CT molecular complexity index is 881. The molecule has 5 nitrogen and oxygen atoms in total. The minimum Gasteiger partial charge on any atom is -0.376 e. The zero-order valence-electron chi connectivity index (χ0n) is 12.3. The fourth-order valence-corrected chi connectivity index (χ4v) is 2.19. The zero-order valence-corrected chi connectivity index (χ0v) is 12.3. The van der Waals surface area contributed by atoms with Crippen LogP contribution in [-0.2, 0) is 4.79 Å².